The quantitative estimate of drug-likeness (QED) is 0.782. The minimum absolute atomic E-state index is 0.200. The minimum Gasteiger partial charge on any atom is -0.398 e. The zero-order valence-corrected chi connectivity index (χ0v) is 11.2. The molecular weight excluding hydrogens is 258 g/mol. The topological polar surface area (TPSA) is 107 Å². The monoisotopic (exact) mass is 273 g/mol. The second-order valence-corrected chi connectivity index (χ2v) is 4.48. The molecule has 0 aliphatic heterocycles. The van der Waals surface area contributed by atoms with Gasteiger partial charge in [-0.15, -0.1) is 0 Å². The van der Waals surface area contributed by atoms with Gasteiger partial charge in [-0.1, -0.05) is 0 Å². The van der Waals surface area contributed by atoms with Crippen molar-refractivity contribution >= 4 is 17.5 Å². The molecule has 2 aromatic rings. The Morgan fingerprint density at radius 2 is 1.95 bits per heavy atom. The molecule has 104 valence electrons. The smallest absolute Gasteiger partial charge is 0.273 e. The van der Waals surface area contributed by atoms with E-state index < -0.39 is 5.91 Å². The van der Waals surface area contributed by atoms with Gasteiger partial charge in [-0.2, -0.15) is 5.10 Å². The molecular formula is C13H15N5O2. The second kappa shape index (κ2) is 5.04. The number of nitrogens with zero attached hydrogens (tertiary/aromatic N) is 3. The zero-order valence-electron chi connectivity index (χ0n) is 11.2. The summed E-state index contributed by atoms with van der Waals surface area (Å²) in [6.45, 7) is 0. The summed E-state index contributed by atoms with van der Waals surface area (Å²) in [5, 5.41) is 4.16. The first kappa shape index (κ1) is 13.6. The van der Waals surface area contributed by atoms with Crippen molar-refractivity contribution in [2.45, 2.75) is 0 Å². The molecule has 0 aliphatic rings. The molecule has 2 rings (SSSR count). The van der Waals surface area contributed by atoms with E-state index in [0.29, 0.717) is 17.1 Å². The maximum absolute atomic E-state index is 11.8. The minimum atomic E-state index is -0.610. The number of anilines is 1. The van der Waals surface area contributed by atoms with Crippen molar-refractivity contribution < 1.29 is 9.59 Å². The molecule has 20 heavy (non-hydrogen) atoms. The molecule has 7 heteroatoms. The van der Waals surface area contributed by atoms with E-state index in [0.717, 1.165) is 0 Å². The lowest BCUT2D eigenvalue weighted by Crippen LogP contribution is -2.22. The summed E-state index contributed by atoms with van der Waals surface area (Å²) in [7, 11) is 3.30. The molecule has 0 atom stereocenters. The molecule has 4 N–H and O–H groups in total. The Labute approximate surface area is 115 Å². The Morgan fingerprint density at radius 1 is 1.25 bits per heavy atom. The second-order valence-electron chi connectivity index (χ2n) is 4.48. The standard InChI is InChI=1S/C13H15N5O2/c1-17(2)13(20)11-5-6-18(16-11)8-3-4-10(14)9(7-8)12(15)19/h3-7H,14H2,1-2H3,(H2,15,19). The Hall–Kier alpha value is -2.83. The van der Waals surface area contributed by atoms with E-state index in [1.165, 1.54) is 15.6 Å². The van der Waals surface area contributed by atoms with Crippen LogP contribution in [0.4, 0.5) is 5.69 Å². The maximum Gasteiger partial charge on any atom is 0.273 e. The molecule has 0 aliphatic carbocycles. The SMILES string of the molecule is CN(C)C(=O)c1ccn(-c2ccc(N)c(C(N)=O)c2)n1. The summed E-state index contributed by atoms with van der Waals surface area (Å²) in [6.07, 6.45) is 1.63. The highest BCUT2D eigenvalue weighted by molar-refractivity contribution is 5.98. The van der Waals surface area contributed by atoms with Crippen LogP contribution in [0.25, 0.3) is 5.69 Å². The van der Waals surface area contributed by atoms with Crippen molar-refractivity contribution in [1.82, 2.24) is 14.7 Å². The van der Waals surface area contributed by atoms with Crippen LogP contribution in [0.5, 0.6) is 0 Å². The van der Waals surface area contributed by atoms with Gasteiger partial charge in [0.05, 0.1) is 11.3 Å². The number of carbonyl (C=O) groups excluding carboxylic acids is 2. The number of rotatable bonds is 3. The molecule has 0 spiro atoms. The lowest BCUT2D eigenvalue weighted by atomic mass is 10.1. The molecule has 0 bridgehead atoms. The third-order valence-electron chi connectivity index (χ3n) is 2.78. The Bertz CT molecular complexity index is 675. The van der Waals surface area contributed by atoms with Crippen molar-refractivity contribution in [2.24, 2.45) is 5.73 Å². The molecule has 0 saturated heterocycles. The molecule has 1 aromatic carbocycles. The van der Waals surface area contributed by atoms with Crippen molar-refractivity contribution in [3.05, 3.63) is 41.7 Å². The van der Waals surface area contributed by atoms with E-state index in [9.17, 15) is 9.59 Å². The van der Waals surface area contributed by atoms with E-state index >= 15 is 0 Å². The van der Waals surface area contributed by atoms with Crippen molar-refractivity contribution in [3.63, 3.8) is 0 Å². The zero-order chi connectivity index (χ0) is 14.9. The number of hydrogen-bond donors (Lipinski definition) is 2. The van der Waals surface area contributed by atoms with Gasteiger partial charge in [-0.25, -0.2) is 4.68 Å². The van der Waals surface area contributed by atoms with Crippen LogP contribution >= 0.6 is 0 Å². The fraction of sp³-hybridized carbons (Fsp3) is 0.154. The maximum atomic E-state index is 11.8. The normalized spacial score (nSPS) is 10.3. The lowest BCUT2D eigenvalue weighted by Gasteiger charge is -2.08. The predicted molar refractivity (Wildman–Crippen MR) is 74.5 cm³/mol. The van der Waals surface area contributed by atoms with Crippen LogP contribution in [0.15, 0.2) is 30.5 Å². The summed E-state index contributed by atoms with van der Waals surface area (Å²) < 4.78 is 1.49. The summed E-state index contributed by atoms with van der Waals surface area (Å²) in [6, 6.07) is 6.40. The number of amides is 2. The number of benzene rings is 1. The van der Waals surface area contributed by atoms with E-state index in [4.69, 9.17) is 11.5 Å². The number of hydrogen-bond acceptors (Lipinski definition) is 4. The number of carbonyl (C=O) groups is 2. The van der Waals surface area contributed by atoms with Crippen LogP contribution < -0.4 is 11.5 Å². The Kier molecular flexibility index (Phi) is 3.43. The van der Waals surface area contributed by atoms with E-state index in [1.807, 2.05) is 0 Å². The number of primary amides is 1. The van der Waals surface area contributed by atoms with Gasteiger partial charge in [0, 0.05) is 26.0 Å². The molecule has 0 fully saturated rings. The van der Waals surface area contributed by atoms with Gasteiger partial charge >= 0.3 is 0 Å². The van der Waals surface area contributed by atoms with Crippen molar-refractivity contribution in [2.75, 3.05) is 19.8 Å². The molecule has 0 unspecified atom stereocenters. The largest absolute Gasteiger partial charge is 0.398 e. The molecule has 7 nitrogen and oxygen atoms in total. The van der Waals surface area contributed by atoms with E-state index in [-0.39, 0.29) is 11.5 Å². The predicted octanol–water partition coefficient (Wildman–Crippen LogP) is 0.255. The van der Waals surface area contributed by atoms with E-state index in [2.05, 4.69) is 5.10 Å². The average molecular weight is 273 g/mol. The number of nitrogen functional groups attached to an aromatic ring is 1. The first-order chi connectivity index (χ1) is 9.40. The van der Waals surface area contributed by atoms with Gasteiger partial charge in [-0.3, -0.25) is 9.59 Å². The molecule has 2 amide bonds. The van der Waals surface area contributed by atoms with Gasteiger partial charge in [0.1, 0.15) is 0 Å². The van der Waals surface area contributed by atoms with Crippen LogP contribution in [-0.2, 0) is 0 Å². The number of nitrogens with two attached hydrogens (primary N) is 2. The highest BCUT2D eigenvalue weighted by atomic mass is 16.2. The molecule has 1 aromatic heterocycles. The first-order valence-corrected chi connectivity index (χ1v) is 5.87. The Morgan fingerprint density at radius 3 is 2.55 bits per heavy atom. The van der Waals surface area contributed by atoms with Crippen LogP contribution in [0.1, 0.15) is 20.8 Å². The fourth-order valence-electron chi connectivity index (χ4n) is 1.71. The summed E-state index contributed by atoms with van der Waals surface area (Å²) in [4.78, 5) is 24.5. The van der Waals surface area contributed by atoms with Gasteiger partial charge in [0.25, 0.3) is 11.8 Å². The third-order valence-corrected chi connectivity index (χ3v) is 2.78. The summed E-state index contributed by atoms with van der Waals surface area (Å²) in [5.41, 5.74) is 12.4. The van der Waals surface area contributed by atoms with Crippen molar-refractivity contribution in [1.29, 1.82) is 0 Å². The van der Waals surface area contributed by atoms with E-state index in [1.54, 1.807) is 38.5 Å². The van der Waals surface area contributed by atoms with Crippen LogP contribution in [0.3, 0.4) is 0 Å². The third kappa shape index (κ3) is 2.46. The van der Waals surface area contributed by atoms with Gasteiger partial charge in [-0.05, 0) is 24.3 Å². The molecule has 0 radical (unpaired) electrons. The van der Waals surface area contributed by atoms with Crippen LogP contribution in [0.2, 0.25) is 0 Å². The molecule has 0 saturated carbocycles. The number of aromatic nitrogens is 2. The van der Waals surface area contributed by atoms with Crippen molar-refractivity contribution in [3.8, 4) is 5.69 Å². The first-order valence-electron chi connectivity index (χ1n) is 5.87. The fourth-order valence-corrected chi connectivity index (χ4v) is 1.71. The summed E-state index contributed by atoms with van der Waals surface area (Å²) >= 11 is 0. The lowest BCUT2D eigenvalue weighted by molar-refractivity contribution is 0.0821. The van der Waals surface area contributed by atoms with Gasteiger partial charge < -0.3 is 16.4 Å². The van der Waals surface area contributed by atoms with Gasteiger partial charge in [0.15, 0.2) is 5.69 Å². The highest BCUT2D eigenvalue weighted by Gasteiger charge is 2.13. The van der Waals surface area contributed by atoms with Crippen LogP contribution in [-0.4, -0.2) is 40.6 Å². The average Bonchev–Trinajstić information content (AvgIpc) is 2.87. The Balaban J connectivity index is 2.40. The molecule has 1 heterocycles. The summed E-state index contributed by atoms with van der Waals surface area (Å²) in [5.74, 6) is -0.810. The van der Waals surface area contributed by atoms with Crippen LogP contribution in [0, 0.1) is 0 Å². The highest BCUT2D eigenvalue weighted by Crippen LogP contribution is 2.16. The van der Waals surface area contributed by atoms with Gasteiger partial charge in [0.2, 0.25) is 0 Å².